The minimum absolute atomic E-state index is 0.244. The predicted octanol–water partition coefficient (Wildman–Crippen LogP) is 4.14. The second-order valence-electron chi connectivity index (χ2n) is 5.32. The Kier molecular flexibility index (Phi) is 5.67. The van der Waals surface area contributed by atoms with Crippen LogP contribution < -0.4 is 4.31 Å². The molecule has 2 rings (SSSR count). The van der Waals surface area contributed by atoms with Crippen molar-refractivity contribution in [3.8, 4) is 0 Å². The fourth-order valence-corrected chi connectivity index (χ4v) is 4.08. The van der Waals surface area contributed by atoms with Gasteiger partial charge in [-0.15, -0.1) is 0 Å². The smallest absolute Gasteiger partial charge is 0.416 e. The number of carbonyl (C=O) groups is 1. The van der Waals surface area contributed by atoms with E-state index in [4.69, 9.17) is 0 Å². The van der Waals surface area contributed by atoms with E-state index in [-0.39, 0.29) is 4.90 Å². The topological polar surface area (TPSA) is 74.7 Å². The average molecular weight is 452 g/mol. The lowest BCUT2D eigenvalue weighted by Gasteiger charge is -2.28. The molecule has 0 saturated heterocycles. The van der Waals surface area contributed by atoms with Crippen molar-refractivity contribution in [2.75, 3.05) is 4.31 Å². The van der Waals surface area contributed by atoms with Crippen LogP contribution in [-0.2, 0) is 21.0 Å². The first-order valence-electron chi connectivity index (χ1n) is 7.14. The highest BCUT2D eigenvalue weighted by Crippen LogP contribution is 2.34. The van der Waals surface area contributed by atoms with Crippen molar-refractivity contribution in [3.05, 3.63) is 58.6 Å². The van der Waals surface area contributed by atoms with Gasteiger partial charge in [-0.25, -0.2) is 13.2 Å². The van der Waals surface area contributed by atoms with Gasteiger partial charge in [0.15, 0.2) is 0 Å². The molecule has 0 heterocycles. The molecule has 0 amide bonds. The third-order valence-corrected chi connectivity index (χ3v) is 5.95. The van der Waals surface area contributed by atoms with Crippen LogP contribution in [0.1, 0.15) is 12.5 Å². The van der Waals surface area contributed by atoms with Crippen LogP contribution in [0.3, 0.4) is 0 Å². The van der Waals surface area contributed by atoms with Crippen LogP contribution in [0.2, 0.25) is 0 Å². The molecule has 0 radical (unpaired) electrons. The van der Waals surface area contributed by atoms with Gasteiger partial charge >= 0.3 is 12.1 Å². The Hall–Kier alpha value is -2.07. The molecule has 2 aromatic rings. The highest BCUT2D eigenvalue weighted by atomic mass is 79.9. The Labute approximate surface area is 156 Å². The van der Waals surface area contributed by atoms with Crippen LogP contribution in [0.25, 0.3) is 0 Å². The largest absolute Gasteiger partial charge is 0.480 e. The van der Waals surface area contributed by atoms with Gasteiger partial charge < -0.3 is 5.11 Å². The standard InChI is InChI=1S/C16H13BrF3NO4S/c1-10(15(22)23)21(13-4-2-3-11(9-13)16(18,19)20)26(24,25)14-7-5-12(17)6-8-14/h2-10H,1H3,(H,22,23). The van der Waals surface area contributed by atoms with Crippen molar-refractivity contribution < 1.29 is 31.5 Å². The fraction of sp³-hybridized carbons (Fsp3) is 0.188. The molecular formula is C16H13BrF3NO4S. The maximum Gasteiger partial charge on any atom is 0.416 e. The molecule has 1 atom stereocenters. The predicted molar refractivity (Wildman–Crippen MR) is 92.3 cm³/mol. The first-order valence-corrected chi connectivity index (χ1v) is 9.38. The third kappa shape index (κ3) is 4.18. The summed E-state index contributed by atoms with van der Waals surface area (Å²) in [5.41, 5.74) is -1.47. The van der Waals surface area contributed by atoms with E-state index in [1.807, 2.05) is 0 Å². The Balaban J connectivity index is 2.65. The SMILES string of the molecule is CC(C(=O)O)N(c1cccc(C(F)(F)F)c1)S(=O)(=O)c1ccc(Br)cc1. The maximum absolute atomic E-state index is 13.0. The molecule has 0 saturated carbocycles. The molecule has 0 aliphatic carbocycles. The summed E-state index contributed by atoms with van der Waals surface area (Å²) in [5.74, 6) is -1.50. The molecule has 26 heavy (non-hydrogen) atoms. The third-order valence-electron chi connectivity index (χ3n) is 3.51. The number of hydrogen-bond acceptors (Lipinski definition) is 3. The quantitative estimate of drug-likeness (QED) is 0.741. The highest BCUT2D eigenvalue weighted by Gasteiger charge is 2.36. The number of nitrogens with zero attached hydrogens (tertiary/aromatic N) is 1. The number of sulfonamides is 1. The van der Waals surface area contributed by atoms with Gasteiger partial charge in [-0.05, 0) is 49.4 Å². The zero-order valence-electron chi connectivity index (χ0n) is 13.2. The van der Waals surface area contributed by atoms with Gasteiger partial charge in [0.05, 0.1) is 16.1 Å². The van der Waals surface area contributed by atoms with Crippen LogP contribution in [0.15, 0.2) is 57.9 Å². The molecule has 2 aromatic carbocycles. The fourth-order valence-electron chi connectivity index (χ4n) is 2.21. The molecule has 0 aromatic heterocycles. The highest BCUT2D eigenvalue weighted by molar-refractivity contribution is 9.10. The summed E-state index contributed by atoms with van der Waals surface area (Å²) in [6.45, 7) is 1.08. The molecule has 140 valence electrons. The second kappa shape index (κ2) is 7.28. The number of anilines is 1. The van der Waals surface area contributed by atoms with E-state index in [2.05, 4.69) is 15.9 Å². The van der Waals surface area contributed by atoms with Gasteiger partial charge in [0.25, 0.3) is 10.0 Å². The number of carboxylic acid groups (broad SMARTS) is 1. The Morgan fingerprint density at radius 2 is 1.73 bits per heavy atom. The molecule has 1 N–H and O–H groups in total. The number of aliphatic carboxylic acids is 1. The molecule has 10 heteroatoms. The molecule has 5 nitrogen and oxygen atoms in total. The van der Waals surface area contributed by atoms with E-state index in [0.29, 0.717) is 14.8 Å². The summed E-state index contributed by atoms with van der Waals surface area (Å²) in [6.07, 6.45) is -4.70. The summed E-state index contributed by atoms with van der Waals surface area (Å²) in [7, 11) is -4.41. The first-order chi connectivity index (χ1) is 11.9. The normalized spacial score (nSPS) is 13.3. The van der Waals surface area contributed by atoms with Gasteiger partial charge in [-0.3, -0.25) is 4.31 Å². The minimum atomic E-state index is -4.70. The van der Waals surface area contributed by atoms with E-state index >= 15 is 0 Å². The van der Waals surface area contributed by atoms with Crippen LogP contribution in [0.5, 0.6) is 0 Å². The van der Waals surface area contributed by atoms with E-state index in [1.54, 1.807) is 0 Å². The Bertz CT molecular complexity index is 914. The molecule has 0 aliphatic rings. The zero-order chi connectivity index (χ0) is 19.7. The van der Waals surface area contributed by atoms with Gasteiger partial charge in [0, 0.05) is 4.47 Å². The lowest BCUT2D eigenvalue weighted by atomic mass is 10.2. The van der Waals surface area contributed by atoms with E-state index in [0.717, 1.165) is 25.1 Å². The Morgan fingerprint density at radius 1 is 1.15 bits per heavy atom. The average Bonchev–Trinajstić information content (AvgIpc) is 2.54. The molecule has 0 fully saturated rings. The van der Waals surface area contributed by atoms with Crippen molar-refractivity contribution in [1.82, 2.24) is 0 Å². The van der Waals surface area contributed by atoms with E-state index in [1.165, 1.54) is 24.3 Å². The number of carboxylic acids is 1. The van der Waals surface area contributed by atoms with Crippen molar-refractivity contribution in [2.24, 2.45) is 0 Å². The lowest BCUT2D eigenvalue weighted by Crippen LogP contribution is -2.43. The number of alkyl halides is 3. The monoisotopic (exact) mass is 451 g/mol. The van der Waals surface area contributed by atoms with Gasteiger partial charge in [-0.1, -0.05) is 22.0 Å². The molecule has 0 spiro atoms. The summed E-state index contributed by atoms with van der Waals surface area (Å²) in [5, 5.41) is 9.26. The van der Waals surface area contributed by atoms with Gasteiger partial charge in [0.1, 0.15) is 6.04 Å². The molecule has 0 bridgehead atoms. The number of halogens is 4. The van der Waals surface area contributed by atoms with E-state index < -0.39 is 39.5 Å². The number of hydrogen-bond donors (Lipinski definition) is 1. The summed E-state index contributed by atoms with van der Waals surface area (Å²) in [4.78, 5) is 11.1. The van der Waals surface area contributed by atoms with Crippen LogP contribution in [0.4, 0.5) is 18.9 Å². The number of rotatable bonds is 5. The summed E-state index contributed by atoms with van der Waals surface area (Å²) >= 11 is 3.15. The van der Waals surface area contributed by atoms with Crippen molar-refractivity contribution in [2.45, 2.75) is 24.0 Å². The van der Waals surface area contributed by atoms with Crippen molar-refractivity contribution in [1.29, 1.82) is 0 Å². The minimum Gasteiger partial charge on any atom is -0.480 e. The number of benzene rings is 2. The van der Waals surface area contributed by atoms with Crippen LogP contribution >= 0.6 is 15.9 Å². The summed E-state index contributed by atoms with van der Waals surface area (Å²) in [6, 6.07) is 7.23. The zero-order valence-corrected chi connectivity index (χ0v) is 15.6. The molecule has 1 unspecified atom stereocenters. The van der Waals surface area contributed by atoms with E-state index in [9.17, 15) is 31.5 Å². The molecule has 0 aliphatic heterocycles. The van der Waals surface area contributed by atoms with Crippen LogP contribution in [-0.4, -0.2) is 25.5 Å². The first kappa shape index (κ1) is 20.2. The lowest BCUT2D eigenvalue weighted by molar-refractivity contribution is -0.138. The molecular weight excluding hydrogens is 439 g/mol. The van der Waals surface area contributed by atoms with Gasteiger partial charge in [-0.2, -0.15) is 13.2 Å². The van der Waals surface area contributed by atoms with Crippen LogP contribution in [0, 0.1) is 0 Å². The maximum atomic E-state index is 13.0. The van der Waals surface area contributed by atoms with Crippen molar-refractivity contribution in [3.63, 3.8) is 0 Å². The Morgan fingerprint density at radius 3 is 2.23 bits per heavy atom. The van der Waals surface area contributed by atoms with Crippen molar-refractivity contribution >= 4 is 37.6 Å². The van der Waals surface area contributed by atoms with Gasteiger partial charge in [0.2, 0.25) is 0 Å². The second-order valence-corrected chi connectivity index (χ2v) is 8.05. The summed E-state index contributed by atoms with van der Waals surface area (Å²) < 4.78 is 65.8.